The van der Waals surface area contributed by atoms with E-state index in [0.29, 0.717) is 0 Å². The first-order valence-electron chi connectivity index (χ1n) is 21.5. The van der Waals surface area contributed by atoms with Crippen LogP contribution in [0, 0.1) is 0 Å². The van der Waals surface area contributed by atoms with Gasteiger partial charge in [0.1, 0.15) is 11.3 Å². The Labute approximate surface area is 361 Å². The molecule has 4 heteroatoms. The van der Waals surface area contributed by atoms with Crippen LogP contribution in [0.25, 0.3) is 137 Å². The summed E-state index contributed by atoms with van der Waals surface area (Å²) in [5, 5.41) is 18.1. The van der Waals surface area contributed by atoms with Crippen LogP contribution in [0.15, 0.2) is 207 Å². The lowest BCUT2D eigenvalue weighted by Gasteiger charge is -2.17. The van der Waals surface area contributed by atoms with E-state index < -0.39 is 0 Å². The topological polar surface area (TPSA) is 43.6 Å². The Balaban J connectivity index is 1.04. The van der Waals surface area contributed by atoms with Gasteiger partial charge in [-0.1, -0.05) is 182 Å². The third-order valence-corrected chi connectivity index (χ3v) is 13.4. The minimum absolute atomic E-state index is 0.743. The van der Waals surface area contributed by atoms with Gasteiger partial charge in [0.15, 0.2) is 5.82 Å². The molecule has 0 saturated heterocycles. The van der Waals surface area contributed by atoms with Crippen LogP contribution in [0.5, 0.6) is 0 Å². The second-order valence-electron chi connectivity index (χ2n) is 16.7. The van der Waals surface area contributed by atoms with Crippen molar-refractivity contribution in [1.29, 1.82) is 0 Å². The zero-order valence-electron chi connectivity index (χ0n) is 33.9. The van der Waals surface area contributed by atoms with Gasteiger partial charge in [-0.25, -0.2) is 9.97 Å². The summed E-state index contributed by atoms with van der Waals surface area (Å²) in [6, 6.07) is 70.2. The van der Waals surface area contributed by atoms with Crippen molar-refractivity contribution in [2.75, 3.05) is 0 Å². The molecule has 11 aromatic carbocycles. The summed E-state index contributed by atoms with van der Waals surface area (Å²) in [6.45, 7) is 0. The van der Waals surface area contributed by atoms with E-state index in [2.05, 4.69) is 199 Å². The molecular formula is C59H34N4. The van der Waals surface area contributed by atoms with Crippen LogP contribution in [0.3, 0.4) is 0 Å². The molecule has 14 rings (SSSR count). The number of nitrogens with zero attached hydrogens (tertiary/aromatic N) is 4. The average molecular weight is 799 g/mol. The fourth-order valence-corrected chi connectivity index (χ4v) is 10.6. The van der Waals surface area contributed by atoms with Crippen molar-refractivity contribution < 1.29 is 0 Å². The molecule has 63 heavy (non-hydrogen) atoms. The predicted molar refractivity (Wildman–Crippen MR) is 264 cm³/mol. The lowest BCUT2D eigenvalue weighted by Crippen LogP contribution is -2.04. The van der Waals surface area contributed by atoms with Gasteiger partial charge in [-0.3, -0.25) is 9.55 Å². The largest absolute Gasteiger partial charge is 0.274 e. The fourth-order valence-electron chi connectivity index (χ4n) is 10.6. The van der Waals surface area contributed by atoms with Crippen LogP contribution in [-0.2, 0) is 0 Å². The van der Waals surface area contributed by atoms with Gasteiger partial charge in [-0.05, 0) is 93.5 Å². The van der Waals surface area contributed by atoms with Gasteiger partial charge in [0.05, 0.1) is 11.0 Å². The Hall–Kier alpha value is -8.47. The highest BCUT2D eigenvalue weighted by molar-refractivity contribution is 6.26. The first kappa shape index (κ1) is 34.3. The summed E-state index contributed by atoms with van der Waals surface area (Å²) in [7, 11) is 0. The Morgan fingerprint density at radius 1 is 0.349 bits per heavy atom. The molecule has 0 amide bonds. The molecule has 0 spiro atoms. The minimum Gasteiger partial charge on any atom is -0.274 e. The van der Waals surface area contributed by atoms with Gasteiger partial charge in [0, 0.05) is 39.7 Å². The Kier molecular flexibility index (Phi) is 7.08. The van der Waals surface area contributed by atoms with Crippen molar-refractivity contribution in [3.05, 3.63) is 207 Å². The standard InChI is InChI=1S/C59H34N4/c1-3-15-43-40(11-1)33-41-12-2-4-16-44(41)54(43)51-34-61-59(56-49(51)21-10-32-60-56)63-57-50-20-8-6-18-46(50)45-17-5-7-19-48(45)55(57)62-58(63)39-26-22-35(23-27-39)42-30-28-38-25-24-36-13-9-14-37-29-31-47(42)53(38)52(36)37/h1-34H. The molecule has 290 valence electrons. The molecule has 3 aromatic heterocycles. The molecule has 0 saturated carbocycles. The molecule has 0 bridgehead atoms. The number of pyridine rings is 2. The highest BCUT2D eigenvalue weighted by Gasteiger charge is 2.24. The van der Waals surface area contributed by atoms with Crippen molar-refractivity contribution in [3.63, 3.8) is 0 Å². The van der Waals surface area contributed by atoms with E-state index >= 15 is 0 Å². The van der Waals surface area contributed by atoms with Crippen molar-refractivity contribution >= 4 is 97.3 Å². The second kappa shape index (κ2) is 13.0. The zero-order chi connectivity index (χ0) is 41.2. The summed E-state index contributed by atoms with van der Waals surface area (Å²) in [5.41, 5.74) is 8.34. The van der Waals surface area contributed by atoms with E-state index in [0.717, 1.165) is 66.6 Å². The van der Waals surface area contributed by atoms with Crippen LogP contribution in [0.1, 0.15) is 0 Å². The first-order chi connectivity index (χ1) is 31.3. The van der Waals surface area contributed by atoms with Crippen LogP contribution < -0.4 is 0 Å². The quantitative estimate of drug-likeness (QED) is 0.132. The van der Waals surface area contributed by atoms with E-state index in [9.17, 15) is 0 Å². The number of fused-ring (bicyclic) bond motifs is 9. The molecule has 0 radical (unpaired) electrons. The van der Waals surface area contributed by atoms with Gasteiger partial charge in [0.2, 0.25) is 0 Å². The number of rotatable bonds is 4. The number of benzene rings is 11. The van der Waals surface area contributed by atoms with E-state index in [-0.39, 0.29) is 0 Å². The van der Waals surface area contributed by atoms with Gasteiger partial charge in [-0.15, -0.1) is 0 Å². The number of aromatic nitrogens is 4. The first-order valence-corrected chi connectivity index (χ1v) is 21.5. The molecule has 0 unspecified atom stereocenters. The predicted octanol–water partition coefficient (Wildman–Crippen LogP) is 15.5. The van der Waals surface area contributed by atoms with Gasteiger partial charge < -0.3 is 0 Å². The number of imidazole rings is 1. The van der Waals surface area contributed by atoms with Gasteiger partial charge >= 0.3 is 0 Å². The monoisotopic (exact) mass is 798 g/mol. The normalized spacial score (nSPS) is 12.1. The maximum absolute atomic E-state index is 5.61. The maximum atomic E-state index is 5.61. The zero-order valence-corrected chi connectivity index (χ0v) is 33.9. The highest BCUT2D eigenvalue weighted by atomic mass is 15.1. The molecule has 14 aromatic rings. The van der Waals surface area contributed by atoms with Crippen molar-refractivity contribution in [1.82, 2.24) is 19.5 Å². The minimum atomic E-state index is 0.743. The van der Waals surface area contributed by atoms with Crippen molar-refractivity contribution in [3.8, 4) is 39.5 Å². The van der Waals surface area contributed by atoms with Gasteiger partial charge in [0.25, 0.3) is 0 Å². The Morgan fingerprint density at radius 3 is 1.67 bits per heavy atom. The van der Waals surface area contributed by atoms with Crippen molar-refractivity contribution in [2.24, 2.45) is 0 Å². The molecule has 0 aliphatic carbocycles. The summed E-state index contributed by atoms with van der Waals surface area (Å²) in [5.74, 6) is 1.56. The highest BCUT2D eigenvalue weighted by Crippen LogP contribution is 2.44. The third-order valence-electron chi connectivity index (χ3n) is 13.4. The summed E-state index contributed by atoms with van der Waals surface area (Å²) < 4.78 is 2.27. The molecule has 3 heterocycles. The fraction of sp³-hybridized carbons (Fsp3) is 0. The molecule has 0 aliphatic rings. The third kappa shape index (κ3) is 4.89. The van der Waals surface area contributed by atoms with Gasteiger partial charge in [-0.2, -0.15) is 0 Å². The van der Waals surface area contributed by atoms with Crippen molar-refractivity contribution in [2.45, 2.75) is 0 Å². The second-order valence-corrected chi connectivity index (χ2v) is 16.7. The smallest absolute Gasteiger partial charge is 0.165 e. The Morgan fingerprint density at radius 2 is 0.921 bits per heavy atom. The maximum Gasteiger partial charge on any atom is 0.165 e. The molecular weight excluding hydrogens is 765 g/mol. The molecule has 0 aliphatic heterocycles. The molecule has 4 nitrogen and oxygen atoms in total. The lowest BCUT2D eigenvalue weighted by molar-refractivity contribution is 1.04. The molecule has 0 atom stereocenters. The lowest BCUT2D eigenvalue weighted by atomic mass is 9.90. The van der Waals surface area contributed by atoms with Crippen LogP contribution >= 0.6 is 0 Å². The number of hydrogen-bond donors (Lipinski definition) is 0. The van der Waals surface area contributed by atoms with E-state index in [1.165, 1.54) is 70.2 Å². The molecule has 0 N–H and O–H groups in total. The average Bonchev–Trinajstić information content (AvgIpc) is 3.76. The van der Waals surface area contributed by atoms with E-state index in [1.807, 2.05) is 12.3 Å². The van der Waals surface area contributed by atoms with Crippen LogP contribution in [-0.4, -0.2) is 19.5 Å². The summed E-state index contributed by atoms with van der Waals surface area (Å²) in [6.07, 6.45) is 3.94. The molecule has 0 fully saturated rings. The van der Waals surface area contributed by atoms with E-state index in [1.54, 1.807) is 0 Å². The summed E-state index contributed by atoms with van der Waals surface area (Å²) in [4.78, 5) is 16.2. The Bertz CT molecular complexity index is 4130. The SMILES string of the molecule is c1ccc2c(-c3cnc(-n4c(-c5ccc(-c6ccc7ccc8cccc9ccc6c7c89)cc5)nc5c6ccccc6c6ccccc6c54)c4ncccc34)c3ccccc3cc2c1. The number of hydrogen-bond acceptors (Lipinski definition) is 3. The van der Waals surface area contributed by atoms with E-state index in [4.69, 9.17) is 15.0 Å². The van der Waals surface area contributed by atoms with Crippen LogP contribution in [0.2, 0.25) is 0 Å². The van der Waals surface area contributed by atoms with Crippen LogP contribution in [0.4, 0.5) is 0 Å². The summed E-state index contributed by atoms with van der Waals surface area (Å²) >= 11 is 0.